The van der Waals surface area contributed by atoms with Crippen LogP contribution in [0, 0.1) is 0 Å². The number of esters is 1. The average Bonchev–Trinajstić information content (AvgIpc) is 2.41. The van der Waals surface area contributed by atoms with Crippen molar-refractivity contribution in [2.24, 2.45) is 0 Å². The van der Waals surface area contributed by atoms with E-state index in [1.807, 2.05) is 0 Å². The number of carbonyl (C=O) groups excluding carboxylic acids is 1. The van der Waals surface area contributed by atoms with E-state index in [0.29, 0.717) is 0 Å². The summed E-state index contributed by atoms with van der Waals surface area (Å²) in [5, 5.41) is 8.27. The van der Waals surface area contributed by atoms with Crippen LogP contribution >= 0.6 is 0 Å². The van der Waals surface area contributed by atoms with E-state index in [-0.39, 0.29) is 0 Å². The zero-order valence-corrected chi connectivity index (χ0v) is 11.4. The van der Waals surface area contributed by atoms with Crippen molar-refractivity contribution in [1.29, 1.82) is 0 Å². The summed E-state index contributed by atoms with van der Waals surface area (Å²) in [5.74, 6) is -38.8. The number of hydrogen-bond donors (Lipinski definition) is 1. The molecule has 0 amide bonds. The molecule has 0 radical (unpaired) electrons. The number of aliphatic carboxylic acids is 1. The summed E-state index contributed by atoms with van der Waals surface area (Å²) >= 11 is 0. The number of carbonyl (C=O) groups is 2. The van der Waals surface area contributed by atoms with Crippen LogP contribution in [0.4, 0.5) is 43.9 Å². The zero-order valence-electron chi connectivity index (χ0n) is 11.4. The highest BCUT2D eigenvalue weighted by Crippen LogP contribution is 2.65. The summed E-state index contributed by atoms with van der Waals surface area (Å²) in [5.41, 5.74) is -1.36. The van der Waals surface area contributed by atoms with Gasteiger partial charge >= 0.3 is 41.6 Å². The van der Waals surface area contributed by atoms with Crippen molar-refractivity contribution in [2.45, 2.75) is 42.1 Å². The van der Waals surface area contributed by atoms with Gasteiger partial charge in [-0.25, -0.2) is 4.79 Å². The summed E-state index contributed by atoms with van der Waals surface area (Å²) in [4.78, 5) is 21.4. The maximum Gasteiger partial charge on any atom is 0.384 e. The van der Waals surface area contributed by atoms with Crippen molar-refractivity contribution in [3.05, 3.63) is 12.2 Å². The van der Waals surface area contributed by atoms with Crippen LogP contribution in [0.1, 0.15) is 6.42 Å². The van der Waals surface area contributed by atoms with Crippen LogP contribution in [0.15, 0.2) is 12.2 Å². The molecule has 1 saturated carbocycles. The largest absolute Gasteiger partial charge is 0.481 e. The molecule has 1 aliphatic carbocycles. The van der Waals surface area contributed by atoms with Gasteiger partial charge in [-0.1, -0.05) is 6.58 Å². The second-order valence-corrected chi connectivity index (χ2v) is 4.93. The van der Waals surface area contributed by atoms with Crippen molar-refractivity contribution in [3.8, 4) is 0 Å². The lowest BCUT2D eigenvalue weighted by Gasteiger charge is -2.48. The molecule has 144 valence electrons. The second-order valence-electron chi connectivity index (χ2n) is 4.93. The van der Waals surface area contributed by atoms with Gasteiger partial charge in [-0.05, 0) is 0 Å². The highest BCUT2D eigenvalue weighted by atomic mass is 19.4. The fourth-order valence-corrected chi connectivity index (χ4v) is 1.77. The molecule has 4 nitrogen and oxygen atoms in total. The maximum atomic E-state index is 13.4. The summed E-state index contributed by atoms with van der Waals surface area (Å²) < 4.78 is 135. The molecule has 0 aliphatic heterocycles. The molecule has 1 aliphatic rings. The van der Waals surface area contributed by atoms with E-state index in [9.17, 15) is 53.5 Å². The number of hydrogen-bond acceptors (Lipinski definition) is 3. The van der Waals surface area contributed by atoms with Crippen LogP contribution < -0.4 is 0 Å². The van der Waals surface area contributed by atoms with E-state index in [4.69, 9.17) is 5.11 Å². The maximum absolute atomic E-state index is 13.4. The zero-order chi connectivity index (χ0) is 20.2. The first-order chi connectivity index (χ1) is 10.9. The molecule has 0 atom stereocenters. The van der Waals surface area contributed by atoms with E-state index < -0.39 is 59.6 Å². The van der Waals surface area contributed by atoms with Crippen LogP contribution in [0.25, 0.3) is 0 Å². The lowest BCUT2D eigenvalue weighted by molar-refractivity contribution is -0.468. The number of alkyl halides is 10. The highest BCUT2D eigenvalue weighted by molar-refractivity contribution is 5.93. The summed E-state index contributed by atoms with van der Waals surface area (Å²) in [6.07, 6.45) is -6.42. The van der Waals surface area contributed by atoms with Gasteiger partial charge in [-0.3, -0.25) is 4.79 Å². The Hall–Kier alpha value is -2.02. The van der Waals surface area contributed by atoms with Crippen molar-refractivity contribution in [3.63, 3.8) is 0 Å². The van der Waals surface area contributed by atoms with Crippen LogP contribution in [0.3, 0.4) is 0 Å². The second kappa shape index (κ2) is 5.49. The third-order valence-corrected chi connectivity index (χ3v) is 3.16. The molecule has 0 aromatic heterocycles. The molecule has 0 unspecified atom stereocenters. The molecular weight excluding hydrogens is 386 g/mol. The molecule has 14 heteroatoms. The van der Waals surface area contributed by atoms with E-state index in [2.05, 4.69) is 11.3 Å². The molecule has 0 heterocycles. The summed E-state index contributed by atoms with van der Waals surface area (Å²) in [6.45, 7) is 2.59. The van der Waals surface area contributed by atoms with Gasteiger partial charge in [0.1, 0.15) is 0 Å². The molecule has 1 fully saturated rings. The summed E-state index contributed by atoms with van der Waals surface area (Å²) in [6, 6.07) is 0. The number of carboxylic acids is 1. The Morgan fingerprint density at radius 2 is 1.20 bits per heavy atom. The predicted octanol–water partition coefficient (Wildman–Crippen LogP) is 3.12. The van der Waals surface area contributed by atoms with Gasteiger partial charge in [-0.15, -0.1) is 0 Å². The fraction of sp³-hybridized carbons (Fsp3) is 0.636. The molecule has 0 aromatic carbocycles. The average molecular weight is 392 g/mol. The Balaban J connectivity index is 3.41. The van der Waals surface area contributed by atoms with Gasteiger partial charge in [0.05, 0.1) is 6.42 Å². The van der Waals surface area contributed by atoms with E-state index in [1.165, 1.54) is 0 Å². The minimum atomic E-state index is -7.19. The van der Waals surface area contributed by atoms with Gasteiger partial charge in [0.25, 0.3) is 0 Å². The SMILES string of the molecule is C=C(CC(=O)O)C(=O)OC1C(F)(F)C(F)(F)C(F)(F)C(F)(F)C1(F)F. The standard InChI is InChI=1S/C11H6F10O4/c1-3(2-4(22)23)5(24)25-6-7(12,13)9(16,17)11(20,21)10(18,19)8(6,14)15/h6H,1-2H2,(H,22,23). The van der Waals surface area contributed by atoms with Crippen molar-refractivity contribution in [1.82, 2.24) is 0 Å². The van der Waals surface area contributed by atoms with Gasteiger partial charge in [0, 0.05) is 5.57 Å². The summed E-state index contributed by atoms with van der Waals surface area (Å²) in [7, 11) is 0. The van der Waals surface area contributed by atoms with E-state index in [1.54, 1.807) is 0 Å². The molecule has 0 saturated heterocycles. The van der Waals surface area contributed by atoms with Crippen LogP contribution in [-0.2, 0) is 14.3 Å². The Morgan fingerprint density at radius 3 is 1.52 bits per heavy atom. The predicted molar refractivity (Wildman–Crippen MR) is 56.0 cm³/mol. The van der Waals surface area contributed by atoms with Crippen molar-refractivity contribution in [2.75, 3.05) is 0 Å². The smallest absolute Gasteiger partial charge is 0.384 e. The topological polar surface area (TPSA) is 63.6 Å². The van der Waals surface area contributed by atoms with E-state index >= 15 is 0 Å². The number of carboxylic acid groups (broad SMARTS) is 1. The Kier molecular flexibility index (Phi) is 4.62. The first-order valence-corrected chi connectivity index (χ1v) is 5.85. The number of rotatable bonds is 4. The first kappa shape index (κ1) is 21.0. The minimum absolute atomic E-state index is 1.36. The quantitative estimate of drug-likeness (QED) is 0.454. The molecule has 1 N–H and O–H groups in total. The Labute approximate surface area is 131 Å². The Morgan fingerprint density at radius 1 is 0.840 bits per heavy atom. The van der Waals surface area contributed by atoms with Crippen LogP contribution in [0.2, 0.25) is 0 Å². The molecule has 25 heavy (non-hydrogen) atoms. The van der Waals surface area contributed by atoms with Gasteiger partial charge in [-0.2, -0.15) is 43.9 Å². The molecule has 1 rings (SSSR count). The molecule has 0 spiro atoms. The van der Waals surface area contributed by atoms with Crippen LogP contribution in [0.5, 0.6) is 0 Å². The van der Waals surface area contributed by atoms with Crippen LogP contribution in [-0.4, -0.2) is 52.8 Å². The normalized spacial score (nSPS) is 25.8. The first-order valence-electron chi connectivity index (χ1n) is 5.85. The number of halogens is 10. The lowest BCUT2D eigenvalue weighted by atomic mass is 9.80. The monoisotopic (exact) mass is 392 g/mol. The minimum Gasteiger partial charge on any atom is -0.481 e. The van der Waals surface area contributed by atoms with E-state index in [0.717, 1.165) is 0 Å². The fourth-order valence-electron chi connectivity index (χ4n) is 1.77. The van der Waals surface area contributed by atoms with Crippen molar-refractivity contribution < 1.29 is 63.3 Å². The van der Waals surface area contributed by atoms with Gasteiger partial charge < -0.3 is 9.84 Å². The number of ether oxygens (including phenoxy) is 1. The Bertz CT molecular complexity index is 582. The molecule has 0 bridgehead atoms. The molecule has 0 aromatic rings. The highest BCUT2D eigenvalue weighted by Gasteiger charge is 2.96. The third-order valence-electron chi connectivity index (χ3n) is 3.16. The lowest BCUT2D eigenvalue weighted by Crippen LogP contribution is -2.80. The molecular formula is C11H6F10O4. The van der Waals surface area contributed by atoms with Crippen molar-refractivity contribution >= 4 is 11.9 Å². The third kappa shape index (κ3) is 2.61. The van der Waals surface area contributed by atoms with Gasteiger partial charge in [0.2, 0.25) is 6.10 Å². The van der Waals surface area contributed by atoms with Gasteiger partial charge in [0.15, 0.2) is 0 Å².